The van der Waals surface area contributed by atoms with Crippen LogP contribution in [0.15, 0.2) is 121 Å². The zero-order valence-corrected chi connectivity index (χ0v) is 22.3. The smallest absolute Gasteiger partial charge is 0.384 e. The van der Waals surface area contributed by atoms with E-state index in [1.807, 2.05) is 121 Å². The van der Waals surface area contributed by atoms with Gasteiger partial charge >= 0.3 is 17.1 Å². The third kappa shape index (κ3) is 7.67. The molecule has 0 aliphatic carbocycles. The van der Waals surface area contributed by atoms with E-state index in [0.29, 0.717) is 0 Å². The van der Waals surface area contributed by atoms with Crippen LogP contribution in [0.2, 0.25) is 0 Å². The van der Waals surface area contributed by atoms with Crippen molar-refractivity contribution >= 4 is 17.1 Å². The van der Waals surface area contributed by atoms with E-state index in [1.54, 1.807) is 0 Å². The third-order valence-corrected chi connectivity index (χ3v) is 8.81. The van der Waals surface area contributed by atoms with Crippen LogP contribution in [0.25, 0.3) is 0 Å². The SMILES string of the molecule is c1ccc(OP(Oc2ccccc2)N2CCCN(P(Oc3ccccc3)Oc3ccccc3)CC2)cc1. The zero-order valence-electron chi connectivity index (χ0n) is 20.5. The Balaban J connectivity index is 1.31. The van der Waals surface area contributed by atoms with Crippen molar-refractivity contribution in [1.29, 1.82) is 0 Å². The minimum absolute atomic E-state index is 0.764. The molecule has 0 aromatic heterocycles. The van der Waals surface area contributed by atoms with Crippen LogP contribution in [0.5, 0.6) is 23.0 Å². The van der Waals surface area contributed by atoms with Crippen molar-refractivity contribution in [1.82, 2.24) is 9.34 Å². The predicted molar refractivity (Wildman–Crippen MR) is 150 cm³/mol. The van der Waals surface area contributed by atoms with Crippen LogP contribution >= 0.6 is 17.1 Å². The zero-order chi connectivity index (χ0) is 25.1. The molecular formula is C29H30N2O4P2. The van der Waals surface area contributed by atoms with Crippen molar-refractivity contribution in [3.8, 4) is 23.0 Å². The van der Waals surface area contributed by atoms with E-state index in [9.17, 15) is 0 Å². The summed E-state index contributed by atoms with van der Waals surface area (Å²) in [6, 6.07) is 39.5. The van der Waals surface area contributed by atoms with Crippen molar-refractivity contribution in [2.75, 3.05) is 26.2 Å². The molecule has 0 saturated carbocycles. The molecule has 0 bridgehead atoms. The topological polar surface area (TPSA) is 43.4 Å². The molecule has 4 aromatic carbocycles. The molecule has 1 fully saturated rings. The highest BCUT2D eigenvalue weighted by atomic mass is 31.2. The Hall–Kier alpha value is -3.14. The summed E-state index contributed by atoms with van der Waals surface area (Å²) in [5.41, 5.74) is 0. The van der Waals surface area contributed by atoms with Crippen LogP contribution in [0.4, 0.5) is 0 Å². The Kier molecular flexibility index (Phi) is 9.25. The van der Waals surface area contributed by atoms with E-state index in [-0.39, 0.29) is 0 Å². The molecule has 0 radical (unpaired) electrons. The fraction of sp³-hybridized carbons (Fsp3) is 0.172. The van der Waals surface area contributed by atoms with Crippen LogP contribution in [-0.2, 0) is 0 Å². The molecule has 190 valence electrons. The van der Waals surface area contributed by atoms with E-state index < -0.39 is 17.1 Å². The van der Waals surface area contributed by atoms with Crippen LogP contribution in [-0.4, -0.2) is 35.5 Å². The molecule has 0 spiro atoms. The number of hydrogen-bond donors (Lipinski definition) is 0. The van der Waals surface area contributed by atoms with E-state index in [0.717, 1.165) is 55.6 Å². The fourth-order valence-corrected chi connectivity index (χ4v) is 6.63. The molecule has 1 saturated heterocycles. The fourth-order valence-electron chi connectivity index (χ4n) is 3.77. The van der Waals surface area contributed by atoms with Crippen LogP contribution in [0.3, 0.4) is 0 Å². The Morgan fingerprint density at radius 2 is 0.649 bits per heavy atom. The maximum atomic E-state index is 6.39. The van der Waals surface area contributed by atoms with Crippen molar-refractivity contribution in [3.05, 3.63) is 121 Å². The Morgan fingerprint density at radius 1 is 0.378 bits per heavy atom. The standard InChI is InChI=1S/C29H30N2O4P2/c1-5-14-26(15-6-1)32-36(33-27-16-7-2-8-17-27)30-22-13-23-31(25-24-30)37(34-28-18-9-3-10-19-28)35-29-20-11-4-12-21-29/h1-12,14-21H,13,22-25H2. The average molecular weight is 533 g/mol. The summed E-state index contributed by atoms with van der Waals surface area (Å²) < 4.78 is 30.2. The molecule has 1 aliphatic rings. The van der Waals surface area contributed by atoms with Crippen LogP contribution in [0.1, 0.15) is 6.42 Å². The first-order chi connectivity index (χ1) is 18.3. The van der Waals surface area contributed by atoms with Crippen molar-refractivity contribution in [2.45, 2.75) is 6.42 Å². The van der Waals surface area contributed by atoms with Gasteiger partial charge in [0.25, 0.3) is 0 Å². The van der Waals surface area contributed by atoms with Crippen LogP contribution < -0.4 is 18.1 Å². The normalized spacial score (nSPS) is 14.8. The van der Waals surface area contributed by atoms with Gasteiger partial charge in [-0.2, -0.15) is 0 Å². The lowest BCUT2D eigenvalue weighted by atomic mass is 10.3. The number of rotatable bonds is 10. The largest absolute Gasteiger partial charge is 0.427 e. The summed E-state index contributed by atoms with van der Waals surface area (Å²) in [6.45, 7) is 3.23. The molecule has 1 aliphatic heterocycles. The summed E-state index contributed by atoms with van der Waals surface area (Å²) >= 11 is 0. The Morgan fingerprint density at radius 3 is 0.919 bits per heavy atom. The monoisotopic (exact) mass is 532 g/mol. The molecule has 0 unspecified atom stereocenters. The number of para-hydroxylation sites is 4. The van der Waals surface area contributed by atoms with E-state index in [1.165, 1.54) is 0 Å². The van der Waals surface area contributed by atoms with Gasteiger partial charge in [0.1, 0.15) is 23.0 Å². The number of nitrogens with zero attached hydrogens (tertiary/aromatic N) is 2. The molecule has 0 N–H and O–H groups in total. The Labute approximate surface area is 221 Å². The molecule has 6 nitrogen and oxygen atoms in total. The molecule has 8 heteroatoms. The lowest BCUT2D eigenvalue weighted by Gasteiger charge is -2.29. The van der Waals surface area contributed by atoms with E-state index >= 15 is 0 Å². The van der Waals surface area contributed by atoms with Crippen molar-refractivity contribution < 1.29 is 18.1 Å². The molecule has 37 heavy (non-hydrogen) atoms. The maximum Gasteiger partial charge on any atom is 0.384 e. The molecule has 4 aromatic rings. The highest BCUT2D eigenvalue weighted by Crippen LogP contribution is 2.47. The van der Waals surface area contributed by atoms with Crippen LogP contribution in [0, 0.1) is 0 Å². The predicted octanol–water partition coefficient (Wildman–Crippen LogP) is 7.76. The number of benzene rings is 4. The minimum Gasteiger partial charge on any atom is -0.427 e. The number of hydrogen-bond acceptors (Lipinski definition) is 6. The lowest BCUT2D eigenvalue weighted by molar-refractivity contribution is 0.342. The van der Waals surface area contributed by atoms with E-state index in [2.05, 4.69) is 9.34 Å². The van der Waals surface area contributed by atoms with Crippen molar-refractivity contribution in [2.24, 2.45) is 0 Å². The highest BCUT2D eigenvalue weighted by molar-refractivity contribution is 7.46. The molecule has 0 amide bonds. The molecule has 1 heterocycles. The van der Waals surface area contributed by atoms with Gasteiger partial charge in [-0.1, -0.05) is 72.8 Å². The summed E-state index contributed by atoms with van der Waals surface area (Å²) in [5.74, 6) is 3.20. The van der Waals surface area contributed by atoms with Gasteiger partial charge in [-0.3, -0.25) is 0 Å². The summed E-state index contributed by atoms with van der Waals surface area (Å²) in [6.07, 6.45) is 0.935. The Bertz CT molecular complexity index is 1010. The van der Waals surface area contributed by atoms with Gasteiger partial charge in [-0.25, -0.2) is 9.34 Å². The second kappa shape index (κ2) is 13.4. The van der Waals surface area contributed by atoms with Gasteiger partial charge in [0.2, 0.25) is 0 Å². The lowest BCUT2D eigenvalue weighted by Crippen LogP contribution is -2.29. The quantitative estimate of drug-likeness (QED) is 0.195. The van der Waals surface area contributed by atoms with Crippen molar-refractivity contribution in [3.63, 3.8) is 0 Å². The molecule has 0 atom stereocenters. The van der Waals surface area contributed by atoms with Gasteiger partial charge in [-0.15, -0.1) is 0 Å². The first-order valence-electron chi connectivity index (χ1n) is 12.4. The van der Waals surface area contributed by atoms with E-state index in [4.69, 9.17) is 18.1 Å². The second-order valence-electron chi connectivity index (χ2n) is 8.35. The van der Waals surface area contributed by atoms with Gasteiger partial charge < -0.3 is 18.1 Å². The van der Waals surface area contributed by atoms with Gasteiger partial charge in [0.15, 0.2) is 0 Å². The first-order valence-corrected chi connectivity index (χ1v) is 14.6. The van der Waals surface area contributed by atoms with Gasteiger partial charge in [0, 0.05) is 26.2 Å². The summed E-state index contributed by atoms with van der Waals surface area (Å²) in [5, 5.41) is 0. The second-order valence-corrected chi connectivity index (χ2v) is 11.2. The summed E-state index contributed by atoms with van der Waals surface area (Å²) in [7, 11) is -2.70. The third-order valence-electron chi connectivity index (χ3n) is 5.62. The maximum absolute atomic E-state index is 6.39. The summed E-state index contributed by atoms with van der Waals surface area (Å²) in [4.78, 5) is 0. The molecule has 5 rings (SSSR count). The first kappa shape index (κ1) is 25.5. The molecular weight excluding hydrogens is 502 g/mol. The minimum atomic E-state index is -1.35. The van der Waals surface area contributed by atoms with Gasteiger partial charge in [0.05, 0.1) is 0 Å². The highest BCUT2D eigenvalue weighted by Gasteiger charge is 2.32. The average Bonchev–Trinajstić information content (AvgIpc) is 3.21. The van der Waals surface area contributed by atoms with Gasteiger partial charge in [-0.05, 0) is 55.0 Å².